The number of aromatic nitrogens is 4. The molecule has 0 unspecified atom stereocenters. The molecule has 0 aliphatic rings. The number of nitrogens with one attached hydrogen (secondary N) is 2. The molecule has 0 aliphatic carbocycles. The van der Waals surface area contributed by atoms with E-state index in [2.05, 4.69) is 39.1 Å². The van der Waals surface area contributed by atoms with Crippen LogP contribution >= 0.6 is 36.4 Å². The second-order valence-corrected chi connectivity index (χ2v) is 6.56. The Morgan fingerprint density at radius 3 is 2.54 bits per heavy atom. The summed E-state index contributed by atoms with van der Waals surface area (Å²) < 4.78 is 0. The summed E-state index contributed by atoms with van der Waals surface area (Å²) in [6.07, 6.45) is 4.29. The van der Waals surface area contributed by atoms with E-state index in [9.17, 15) is 0 Å². The fraction of sp³-hybridized carbons (Fsp3) is 0.353. The molecular formula is C17H23Cl3N6. The third-order valence-electron chi connectivity index (χ3n) is 4.04. The number of aromatic amines is 1. The van der Waals surface area contributed by atoms with Crippen LogP contribution in [-0.2, 0) is 13.0 Å². The van der Waals surface area contributed by atoms with Crippen molar-refractivity contribution in [3.63, 3.8) is 0 Å². The van der Waals surface area contributed by atoms with Gasteiger partial charge >= 0.3 is 0 Å². The highest BCUT2D eigenvalue weighted by Crippen LogP contribution is 2.24. The average molecular weight is 418 g/mol. The number of pyridine rings is 1. The molecule has 3 aromatic heterocycles. The smallest absolute Gasteiger partial charge is 0.226 e. The maximum atomic E-state index is 6.17. The van der Waals surface area contributed by atoms with Gasteiger partial charge in [-0.05, 0) is 41.3 Å². The van der Waals surface area contributed by atoms with E-state index in [-0.39, 0.29) is 36.1 Å². The fourth-order valence-corrected chi connectivity index (χ4v) is 2.63. The summed E-state index contributed by atoms with van der Waals surface area (Å²) in [7, 11) is 0. The second-order valence-electron chi connectivity index (χ2n) is 6.22. The van der Waals surface area contributed by atoms with Crippen molar-refractivity contribution in [2.45, 2.75) is 32.9 Å². The molecule has 3 heterocycles. The number of hydrogen-bond acceptors (Lipinski definition) is 5. The molecule has 0 spiro atoms. The van der Waals surface area contributed by atoms with Crippen molar-refractivity contribution in [1.82, 2.24) is 19.9 Å². The molecule has 0 amide bonds. The van der Waals surface area contributed by atoms with E-state index in [1.54, 1.807) is 12.4 Å². The molecule has 3 rings (SSSR count). The minimum atomic E-state index is 0. The first-order valence-corrected chi connectivity index (χ1v) is 8.34. The van der Waals surface area contributed by atoms with Gasteiger partial charge in [-0.15, -0.1) is 24.8 Å². The number of fused-ring (bicyclic) bond motifs is 1. The molecule has 3 aromatic rings. The van der Waals surface area contributed by atoms with Gasteiger partial charge in [0.15, 0.2) is 0 Å². The fourth-order valence-electron chi connectivity index (χ4n) is 2.46. The summed E-state index contributed by atoms with van der Waals surface area (Å²) in [5.74, 6) is 1.12. The zero-order valence-electron chi connectivity index (χ0n) is 14.6. The van der Waals surface area contributed by atoms with Crippen LogP contribution in [0.2, 0.25) is 5.28 Å². The number of hydrogen-bond donors (Lipinski definition) is 3. The number of H-pyrrole nitrogens is 1. The third kappa shape index (κ3) is 5.45. The summed E-state index contributed by atoms with van der Waals surface area (Å²) in [6.45, 7) is 4.87. The van der Waals surface area contributed by atoms with Crippen molar-refractivity contribution in [2.75, 3.05) is 5.32 Å². The molecule has 142 valence electrons. The molecule has 4 N–H and O–H groups in total. The lowest BCUT2D eigenvalue weighted by molar-refractivity contribution is 0.487. The van der Waals surface area contributed by atoms with Crippen LogP contribution in [-0.4, -0.2) is 26.0 Å². The van der Waals surface area contributed by atoms with Gasteiger partial charge in [0.1, 0.15) is 11.5 Å². The van der Waals surface area contributed by atoms with Gasteiger partial charge in [0.05, 0.1) is 5.39 Å². The van der Waals surface area contributed by atoms with Crippen LogP contribution in [0.4, 0.5) is 5.82 Å². The molecular weight excluding hydrogens is 395 g/mol. The van der Waals surface area contributed by atoms with Crippen molar-refractivity contribution < 1.29 is 0 Å². The van der Waals surface area contributed by atoms with Gasteiger partial charge in [-0.3, -0.25) is 4.98 Å². The predicted molar refractivity (Wildman–Crippen MR) is 111 cm³/mol. The highest BCUT2D eigenvalue weighted by atomic mass is 35.5. The van der Waals surface area contributed by atoms with Crippen molar-refractivity contribution in [1.29, 1.82) is 0 Å². The topological polar surface area (TPSA) is 92.5 Å². The minimum Gasteiger partial charge on any atom is -0.365 e. The SMILES string of the molecule is CC(C)[C@H](N)Cc1cc2c(NCc3ccncc3)nc(Cl)nc2[nH]1.Cl.Cl. The van der Waals surface area contributed by atoms with E-state index < -0.39 is 0 Å². The molecule has 0 fully saturated rings. The lowest BCUT2D eigenvalue weighted by Crippen LogP contribution is -2.28. The Morgan fingerprint density at radius 1 is 1.19 bits per heavy atom. The third-order valence-corrected chi connectivity index (χ3v) is 4.21. The largest absolute Gasteiger partial charge is 0.365 e. The molecule has 0 saturated carbocycles. The van der Waals surface area contributed by atoms with Crippen LogP contribution in [0.15, 0.2) is 30.6 Å². The van der Waals surface area contributed by atoms with Gasteiger partial charge in [-0.25, -0.2) is 4.98 Å². The molecule has 26 heavy (non-hydrogen) atoms. The maximum absolute atomic E-state index is 6.17. The summed E-state index contributed by atoms with van der Waals surface area (Å²) in [6, 6.07) is 6.05. The number of nitrogens with zero attached hydrogens (tertiary/aromatic N) is 3. The molecule has 0 aliphatic heterocycles. The Hall–Kier alpha value is -1.60. The van der Waals surface area contributed by atoms with Crippen molar-refractivity contribution in [3.05, 3.63) is 47.1 Å². The normalized spacial score (nSPS) is 11.7. The van der Waals surface area contributed by atoms with Gasteiger partial charge in [0, 0.05) is 37.1 Å². The Labute approximate surface area is 170 Å². The van der Waals surface area contributed by atoms with Crippen molar-refractivity contribution in [2.24, 2.45) is 11.7 Å². The monoisotopic (exact) mass is 416 g/mol. The van der Waals surface area contributed by atoms with E-state index in [4.69, 9.17) is 17.3 Å². The summed E-state index contributed by atoms with van der Waals surface area (Å²) in [5.41, 5.74) is 9.04. The Bertz CT molecular complexity index is 822. The molecule has 1 atom stereocenters. The Kier molecular flexibility index (Phi) is 8.56. The van der Waals surface area contributed by atoms with Crippen LogP contribution in [0.3, 0.4) is 0 Å². The first-order valence-electron chi connectivity index (χ1n) is 7.96. The van der Waals surface area contributed by atoms with Gasteiger partial charge in [-0.1, -0.05) is 13.8 Å². The predicted octanol–water partition coefficient (Wildman–Crippen LogP) is 3.99. The number of halogens is 3. The van der Waals surface area contributed by atoms with E-state index >= 15 is 0 Å². The van der Waals surface area contributed by atoms with E-state index in [1.807, 2.05) is 18.2 Å². The Morgan fingerprint density at radius 2 is 1.88 bits per heavy atom. The van der Waals surface area contributed by atoms with Crippen LogP contribution in [0, 0.1) is 5.92 Å². The standard InChI is InChI=1S/C17H21ClN6.2ClH/c1-10(2)14(19)8-12-7-13-15(23-17(18)24-16(13)22-12)21-9-11-3-5-20-6-4-11;;/h3-7,10,14H,8-9,19H2,1-2H3,(H2,21,22,23,24);2*1H/t14-;;/m1../s1. The summed E-state index contributed by atoms with van der Waals surface area (Å²) in [4.78, 5) is 15.9. The van der Waals surface area contributed by atoms with E-state index in [0.717, 1.165) is 28.7 Å². The average Bonchev–Trinajstić information content (AvgIpc) is 2.95. The molecule has 0 bridgehead atoms. The zero-order valence-corrected chi connectivity index (χ0v) is 17.0. The number of rotatable bonds is 6. The number of anilines is 1. The molecule has 0 radical (unpaired) electrons. The van der Waals surface area contributed by atoms with Crippen LogP contribution in [0.1, 0.15) is 25.1 Å². The summed E-state index contributed by atoms with van der Waals surface area (Å²) in [5, 5.41) is 4.45. The zero-order chi connectivity index (χ0) is 17.1. The van der Waals surface area contributed by atoms with Crippen molar-refractivity contribution in [3.8, 4) is 0 Å². The van der Waals surface area contributed by atoms with Crippen LogP contribution in [0.25, 0.3) is 11.0 Å². The summed E-state index contributed by atoms with van der Waals surface area (Å²) >= 11 is 6.05. The minimum absolute atomic E-state index is 0. The molecule has 0 aromatic carbocycles. The lowest BCUT2D eigenvalue weighted by atomic mass is 10.0. The first-order chi connectivity index (χ1) is 11.5. The Balaban J connectivity index is 0.00000169. The highest BCUT2D eigenvalue weighted by molar-refractivity contribution is 6.28. The van der Waals surface area contributed by atoms with Crippen LogP contribution in [0.5, 0.6) is 0 Å². The van der Waals surface area contributed by atoms with Crippen molar-refractivity contribution >= 4 is 53.3 Å². The van der Waals surface area contributed by atoms with Crippen LogP contribution < -0.4 is 11.1 Å². The molecule has 0 saturated heterocycles. The molecule has 9 heteroatoms. The lowest BCUT2D eigenvalue weighted by Gasteiger charge is -2.13. The van der Waals surface area contributed by atoms with E-state index in [0.29, 0.717) is 18.3 Å². The maximum Gasteiger partial charge on any atom is 0.226 e. The van der Waals surface area contributed by atoms with E-state index in [1.165, 1.54) is 0 Å². The van der Waals surface area contributed by atoms with Gasteiger partial charge in [-0.2, -0.15) is 4.98 Å². The van der Waals surface area contributed by atoms with Gasteiger partial charge < -0.3 is 16.0 Å². The second kappa shape index (κ2) is 9.92. The number of nitrogens with two attached hydrogens (primary N) is 1. The highest BCUT2D eigenvalue weighted by Gasteiger charge is 2.14. The van der Waals surface area contributed by atoms with Gasteiger partial charge in [0.2, 0.25) is 5.28 Å². The first kappa shape index (κ1) is 22.4. The molecule has 6 nitrogen and oxygen atoms in total. The van der Waals surface area contributed by atoms with Gasteiger partial charge in [0.25, 0.3) is 0 Å². The quantitative estimate of drug-likeness (QED) is 0.527.